The van der Waals surface area contributed by atoms with Gasteiger partial charge in [0.2, 0.25) is 5.91 Å². The van der Waals surface area contributed by atoms with Gasteiger partial charge in [-0.05, 0) is 0 Å². The first-order valence-corrected chi connectivity index (χ1v) is 4.14. The van der Waals surface area contributed by atoms with E-state index in [9.17, 15) is 4.79 Å². The van der Waals surface area contributed by atoms with Crippen molar-refractivity contribution in [2.45, 2.75) is 28.2 Å². The number of amides is 1. The number of ether oxygens (including phenoxy) is 1. The maximum Gasteiger partial charge on any atom is 0.219 e. The standard InChI is InChI=1S/C6H11NO2.C2H6.CH4/c1-6(8)7-2-4-9-5-3-7;1-2;/h2-5H2,1H3;1-2H3;1H4. The zero-order chi connectivity index (χ0) is 8.69. The average molecular weight is 175 g/mol. The first-order valence-electron chi connectivity index (χ1n) is 4.14. The Labute approximate surface area is 75.7 Å². The Morgan fingerprint density at radius 3 is 1.92 bits per heavy atom. The smallest absolute Gasteiger partial charge is 0.219 e. The molecule has 0 aromatic heterocycles. The van der Waals surface area contributed by atoms with Crippen molar-refractivity contribution in [2.24, 2.45) is 0 Å². The molecule has 0 radical (unpaired) electrons. The molecule has 1 fully saturated rings. The van der Waals surface area contributed by atoms with Crippen molar-refractivity contribution in [1.29, 1.82) is 0 Å². The lowest BCUT2D eigenvalue weighted by molar-refractivity contribution is -0.132. The summed E-state index contributed by atoms with van der Waals surface area (Å²) in [5, 5.41) is 0. The minimum Gasteiger partial charge on any atom is -0.378 e. The van der Waals surface area contributed by atoms with Gasteiger partial charge in [-0.15, -0.1) is 0 Å². The Morgan fingerprint density at radius 2 is 1.67 bits per heavy atom. The van der Waals surface area contributed by atoms with Gasteiger partial charge in [0.15, 0.2) is 0 Å². The van der Waals surface area contributed by atoms with Crippen molar-refractivity contribution in [1.82, 2.24) is 4.90 Å². The SMILES string of the molecule is C.CC.CC(=O)N1CCOCC1. The van der Waals surface area contributed by atoms with Crippen LogP contribution in [0, 0.1) is 0 Å². The van der Waals surface area contributed by atoms with Crippen molar-refractivity contribution in [3.63, 3.8) is 0 Å². The first-order chi connectivity index (χ1) is 5.30. The van der Waals surface area contributed by atoms with Crippen LogP contribution in [0.25, 0.3) is 0 Å². The van der Waals surface area contributed by atoms with Gasteiger partial charge in [-0.3, -0.25) is 4.79 Å². The largest absolute Gasteiger partial charge is 0.378 e. The summed E-state index contributed by atoms with van der Waals surface area (Å²) >= 11 is 0. The fraction of sp³-hybridized carbons (Fsp3) is 0.889. The molecule has 12 heavy (non-hydrogen) atoms. The number of rotatable bonds is 0. The molecular formula is C9H21NO2. The van der Waals surface area contributed by atoms with Crippen LogP contribution in [0.2, 0.25) is 0 Å². The Balaban J connectivity index is 0. The van der Waals surface area contributed by atoms with Gasteiger partial charge in [0, 0.05) is 20.0 Å². The van der Waals surface area contributed by atoms with Crippen molar-refractivity contribution in [3.05, 3.63) is 0 Å². The van der Waals surface area contributed by atoms with Gasteiger partial charge in [0.1, 0.15) is 0 Å². The molecule has 0 spiro atoms. The monoisotopic (exact) mass is 175 g/mol. The fourth-order valence-electron chi connectivity index (χ4n) is 0.878. The maximum absolute atomic E-state index is 10.7. The highest BCUT2D eigenvalue weighted by atomic mass is 16.5. The second kappa shape index (κ2) is 8.53. The summed E-state index contributed by atoms with van der Waals surface area (Å²) in [6.45, 7) is 8.50. The molecule has 0 saturated carbocycles. The third-order valence-corrected chi connectivity index (χ3v) is 1.46. The molecule has 0 aliphatic carbocycles. The lowest BCUT2D eigenvalue weighted by Crippen LogP contribution is -2.39. The highest BCUT2D eigenvalue weighted by molar-refractivity contribution is 5.73. The molecule has 0 N–H and O–H groups in total. The van der Waals surface area contributed by atoms with Crippen LogP contribution in [0.5, 0.6) is 0 Å². The third kappa shape index (κ3) is 5.13. The second-order valence-electron chi connectivity index (χ2n) is 2.12. The highest BCUT2D eigenvalue weighted by Crippen LogP contribution is 1.95. The molecule has 74 valence electrons. The second-order valence-corrected chi connectivity index (χ2v) is 2.12. The van der Waals surface area contributed by atoms with Crippen LogP contribution < -0.4 is 0 Å². The highest BCUT2D eigenvalue weighted by Gasteiger charge is 2.11. The molecule has 0 unspecified atom stereocenters. The van der Waals surface area contributed by atoms with Crippen LogP contribution in [0.1, 0.15) is 28.2 Å². The van der Waals surface area contributed by atoms with Gasteiger partial charge in [0.05, 0.1) is 13.2 Å². The van der Waals surface area contributed by atoms with Gasteiger partial charge < -0.3 is 9.64 Å². The topological polar surface area (TPSA) is 29.5 Å². The molecule has 0 aromatic rings. The van der Waals surface area contributed by atoms with E-state index in [1.54, 1.807) is 11.8 Å². The molecule has 0 bridgehead atoms. The summed E-state index contributed by atoms with van der Waals surface area (Å²) in [5.74, 6) is 0.151. The lowest BCUT2D eigenvalue weighted by Gasteiger charge is -2.25. The summed E-state index contributed by atoms with van der Waals surface area (Å²) in [6, 6.07) is 0. The molecule has 1 aliphatic heterocycles. The molecule has 3 heteroatoms. The molecule has 1 saturated heterocycles. The summed E-state index contributed by atoms with van der Waals surface area (Å²) in [4.78, 5) is 12.5. The summed E-state index contributed by atoms with van der Waals surface area (Å²) in [5.41, 5.74) is 0. The third-order valence-electron chi connectivity index (χ3n) is 1.46. The number of hydrogen-bond acceptors (Lipinski definition) is 2. The first kappa shape index (κ1) is 14.0. The van der Waals surface area contributed by atoms with Crippen molar-refractivity contribution >= 4 is 5.91 Å². The number of morpholine rings is 1. The molecule has 3 nitrogen and oxygen atoms in total. The van der Waals surface area contributed by atoms with E-state index in [1.807, 2.05) is 13.8 Å². The van der Waals surface area contributed by atoms with E-state index < -0.39 is 0 Å². The lowest BCUT2D eigenvalue weighted by atomic mass is 10.4. The van der Waals surface area contributed by atoms with E-state index in [1.165, 1.54) is 0 Å². The van der Waals surface area contributed by atoms with Crippen molar-refractivity contribution in [2.75, 3.05) is 26.3 Å². The molecule has 1 heterocycles. The predicted octanol–water partition coefficient (Wildman–Crippen LogP) is 1.53. The summed E-state index contributed by atoms with van der Waals surface area (Å²) in [7, 11) is 0. The van der Waals surface area contributed by atoms with E-state index in [0.29, 0.717) is 13.2 Å². The zero-order valence-electron chi connectivity index (χ0n) is 7.59. The number of carbonyl (C=O) groups is 1. The van der Waals surface area contributed by atoms with E-state index in [2.05, 4.69) is 0 Å². The number of hydrogen-bond donors (Lipinski definition) is 0. The van der Waals surface area contributed by atoms with E-state index >= 15 is 0 Å². The molecule has 1 amide bonds. The van der Waals surface area contributed by atoms with E-state index in [4.69, 9.17) is 4.74 Å². The molecule has 0 atom stereocenters. The van der Waals surface area contributed by atoms with E-state index in [-0.39, 0.29) is 13.3 Å². The van der Waals surface area contributed by atoms with Crippen molar-refractivity contribution < 1.29 is 9.53 Å². The predicted molar refractivity (Wildman–Crippen MR) is 51.2 cm³/mol. The summed E-state index contributed by atoms with van der Waals surface area (Å²) in [6.07, 6.45) is 0. The molecule has 1 rings (SSSR count). The van der Waals surface area contributed by atoms with Crippen LogP contribution in [-0.4, -0.2) is 37.1 Å². The Kier molecular flexibility index (Phi) is 9.93. The fourth-order valence-corrected chi connectivity index (χ4v) is 0.878. The minimum absolute atomic E-state index is 0. The Morgan fingerprint density at radius 1 is 1.25 bits per heavy atom. The minimum atomic E-state index is 0. The maximum atomic E-state index is 10.7. The van der Waals surface area contributed by atoms with Crippen LogP contribution in [-0.2, 0) is 9.53 Å². The quantitative estimate of drug-likeness (QED) is 0.558. The van der Waals surface area contributed by atoms with Crippen LogP contribution in [0.4, 0.5) is 0 Å². The van der Waals surface area contributed by atoms with Gasteiger partial charge >= 0.3 is 0 Å². The van der Waals surface area contributed by atoms with Crippen LogP contribution >= 0.6 is 0 Å². The molecule has 0 aromatic carbocycles. The number of carbonyl (C=O) groups excluding carboxylic acids is 1. The normalized spacial score (nSPS) is 15.4. The van der Waals surface area contributed by atoms with Crippen LogP contribution in [0.15, 0.2) is 0 Å². The molecule has 1 aliphatic rings. The average Bonchev–Trinajstić information content (AvgIpc) is 2.10. The van der Waals surface area contributed by atoms with E-state index in [0.717, 1.165) is 13.1 Å². The number of nitrogens with zero attached hydrogens (tertiary/aromatic N) is 1. The van der Waals surface area contributed by atoms with Gasteiger partial charge in [-0.1, -0.05) is 21.3 Å². The Bertz CT molecular complexity index is 109. The van der Waals surface area contributed by atoms with Gasteiger partial charge in [-0.2, -0.15) is 0 Å². The van der Waals surface area contributed by atoms with Gasteiger partial charge in [-0.25, -0.2) is 0 Å². The van der Waals surface area contributed by atoms with Crippen LogP contribution in [0.3, 0.4) is 0 Å². The van der Waals surface area contributed by atoms with Crippen molar-refractivity contribution in [3.8, 4) is 0 Å². The van der Waals surface area contributed by atoms with Gasteiger partial charge in [0.25, 0.3) is 0 Å². The molecular weight excluding hydrogens is 154 g/mol. The zero-order valence-corrected chi connectivity index (χ0v) is 7.59. The Hall–Kier alpha value is -0.570. The summed E-state index contributed by atoms with van der Waals surface area (Å²) < 4.78 is 5.06.